The van der Waals surface area contributed by atoms with Gasteiger partial charge in [0.15, 0.2) is 0 Å². The van der Waals surface area contributed by atoms with Crippen LogP contribution in [0.4, 0.5) is 0 Å². The van der Waals surface area contributed by atoms with Crippen LogP contribution in [-0.2, 0) is 14.2 Å². The van der Waals surface area contributed by atoms with Crippen LogP contribution in [0.2, 0.25) is 0 Å². The fraction of sp³-hybridized carbons (Fsp3) is 0.571. The summed E-state index contributed by atoms with van der Waals surface area (Å²) in [6.45, 7) is 1.17. The van der Waals surface area contributed by atoms with Crippen LogP contribution < -0.4 is 0 Å². The van der Waals surface area contributed by atoms with Gasteiger partial charge < -0.3 is 4.57 Å². The quantitative estimate of drug-likeness (QED) is 0.362. The summed E-state index contributed by atoms with van der Waals surface area (Å²) in [5.41, 5.74) is 0. The Kier molecular flexibility index (Phi) is 8.37. The monoisotopic (exact) mass is 360 g/mol. The van der Waals surface area contributed by atoms with Crippen molar-refractivity contribution in [1.82, 2.24) is 10.0 Å². The van der Waals surface area contributed by atoms with Gasteiger partial charge in [0, 0.05) is 37.2 Å². The first-order chi connectivity index (χ1) is 10.8. The lowest BCUT2D eigenvalue weighted by molar-refractivity contribution is -0.177. The molecule has 0 spiro atoms. The fourth-order valence-electron chi connectivity index (χ4n) is 1.98. The third-order valence-corrected chi connectivity index (χ3v) is 7.47. The molecule has 1 aromatic rings. The number of rotatable bonds is 10. The minimum absolute atomic E-state index is 0.0654. The van der Waals surface area contributed by atoms with E-state index in [2.05, 4.69) is 4.98 Å². The molecule has 0 aliphatic carbocycles. The summed E-state index contributed by atoms with van der Waals surface area (Å²) in [4.78, 5) is 20.9. The number of hydrogen-bond donors (Lipinski definition) is 0. The molecule has 1 atom stereocenters. The number of hydroxylamine groups is 2. The van der Waals surface area contributed by atoms with E-state index < -0.39 is 7.80 Å². The van der Waals surface area contributed by atoms with Crippen molar-refractivity contribution in [3.8, 4) is 0 Å². The molecule has 0 aromatic carbocycles. The highest BCUT2D eigenvalue weighted by Crippen LogP contribution is 2.32. The zero-order valence-corrected chi connectivity index (χ0v) is 15.0. The Morgan fingerprint density at radius 3 is 3.00 bits per heavy atom. The third-order valence-electron chi connectivity index (χ3n) is 3.12. The second-order valence-electron chi connectivity index (χ2n) is 4.90. The highest BCUT2D eigenvalue weighted by Gasteiger charge is 2.20. The van der Waals surface area contributed by atoms with Crippen molar-refractivity contribution in [2.75, 3.05) is 31.2 Å². The van der Waals surface area contributed by atoms with Gasteiger partial charge in [-0.15, -0.1) is 0 Å². The Morgan fingerprint density at radius 2 is 2.27 bits per heavy atom. The standard InChI is InChI=1S/C14H21N2O3PS2/c17-14-6-3-8-16(14)19-9-4-10-20(18)11-12-21-22-13-5-1-2-7-15-13/h1-2,5,7,20H,3-4,6,8-12H2. The van der Waals surface area contributed by atoms with Crippen molar-refractivity contribution < 1.29 is 14.2 Å². The summed E-state index contributed by atoms with van der Waals surface area (Å²) in [5.74, 6) is 0.931. The molecule has 2 heterocycles. The van der Waals surface area contributed by atoms with Crippen LogP contribution in [-0.4, -0.2) is 47.2 Å². The average Bonchev–Trinajstić information content (AvgIpc) is 2.94. The van der Waals surface area contributed by atoms with Crippen molar-refractivity contribution >= 4 is 35.3 Å². The maximum atomic E-state index is 11.9. The van der Waals surface area contributed by atoms with E-state index in [-0.39, 0.29) is 5.91 Å². The van der Waals surface area contributed by atoms with Crippen LogP contribution in [0.1, 0.15) is 19.3 Å². The minimum Gasteiger partial charge on any atom is -0.327 e. The van der Waals surface area contributed by atoms with Crippen LogP contribution >= 0.6 is 29.4 Å². The van der Waals surface area contributed by atoms with Gasteiger partial charge in [-0.05, 0) is 35.8 Å². The van der Waals surface area contributed by atoms with Crippen molar-refractivity contribution in [2.24, 2.45) is 0 Å². The van der Waals surface area contributed by atoms with Crippen LogP contribution in [0.5, 0.6) is 0 Å². The van der Waals surface area contributed by atoms with Crippen LogP contribution in [0, 0.1) is 0 Å². The fourth-order valence-corrected chi connectivity index (χ4v) is 6.12. The highest BCUT2D eigenvalue weighted by atomic mass is 33.1. The molecule has 0 saturated carbocycles. The summed E-state index contributed by atoms with van der Waals surface area (Å²) in [6, 6.07) is 5.83. The zero-order chi connectivity index (χ0) is 15.6. The number of hydrogen-bond acceptors (Lipinski definition) is 6. The summed E-state index contributed by atoms with van der Waals surface area (Å²) >= 11 is 0. The lowest BCUT2D eigenvalue weighted by Gasteiger charge is -2.14. The molecule has 5 nitrogen and oxygen atoms in total. The molecule has 1 saturated heterocycles. The van der Waals surface area contributed by atoms with Gasteiger partial charge in [-0.2, -0.15) is 0 Å². The highest BCUT2D eigenvalue weighted by molar-refractivity contribution is 8.76. The maximum absolute atomic E-state index is 11.9. The van der Waals surface area contributed by atoms with Crippen LogP contribution in [0.25, 0.3) is 0 Å². The number of nitrogens with zero attached hydrogens (tertiary/aromatic N) is 2. The van der Waals surface area contributed by atoms with Gasteiger partial charge >= 0.3 is 0 Å². The topological polar surface area (TPSA) is 59.5 Å². The van der Waals surface area contributed by atoms with Gasteiger partial charge in [-0.3, -0.25) is 9.63 Å². The first-order valence-corrected chi connectivity index (χ1v) is 11.6. The molecule has 1 unspecified atom stereocenters. The molecule has 1 amide bonds. The smallest absolute Gasteiger partial charge is 0.246 e. The van der Waals surface area contributed by atoms with Gasteiger partial charge in [0.05, 0.1) is 14.4 Å². The minimum atomic E-state index is -1.54. The number of pyridine rings is 1. The Bertz CT molecular complexity index is 490. The van der Waals surface area contributed by atoms with Gasteiger partial charge in [0.1, 0.15) is 5.03 Å². The lowest BCUT2D eigenvalue weighted by Crippen LogP contribution is -2.25. The summed E-state index contributed by atoms with van der Waals surface area (Å²) in [6.07, 6.45) is 5.43. The molecule has 0 radical (unpaired) electrons. The molecule has 1 aliphatic rings. The number of amides is 1. The molecule has 1 fully saturated rings. The SMILES string of the molecule is O=C1CCCN1OCCC[PH](=O)CCSSc1ccccn1. The predicted octanol–water partition coefficient (Wildman–Crippen LogP) is 3.33. The Balaban J connectivity index is 1.47. The van der Waals surface area contributed by atoms with E-state index >= 15 is 0 Å². The molecular formula is C14H21N2O3PS2. The molecule has 22 heavy (non-hydrogen) atoms. The molecule has 2 rings (SSSR count). The van der Waals surface area contributed by atoms with Crippen LogP contribution in [0.15, 0.2) is 29.4 Å². The molecular weight excluding hydrogens is 339 g/mol. The maximum Gasteiger partial charge on any atom is 0.246 e. The molecule has 8 heteroatoms. The molecule has 1 aromatic heterocycles. The molecule has 0 bridgehead atoms. The summed E-state index contributed by atoms with van der Waals surface area (Å²) in [7, 11) is 1.77. The number of carbonyl (C=O) groups is 1. The number of aromatic nitrogens is 1. The summed E-state index contributed by atoms with van der Waals surface area (Å²) < 4.78 is 11.9. The van der Waals surface area contributed by atoms with E-state index in [1.165, 1.54) is 5.06 Å². The van der Waals surface area contributed by atoms with E-state index in [1.54, 1.807) is 27.8 Å². The van der Waals surface area contributed by atoms with Gasteiger partial charge in [0.25, 0.3) is 0 Å². The van der Waals surface area contributed by atoms with Crippen molar-refractivity contribution in [3.05, 3.63) is 24.4 Å². The largest absolute Gasteiger partial charge is 0.327 e. The van der Waals surface area contributed by atoms with Crippen LogP contribution in [0.3, 0.4) is 0 Å². The van der Waals surface area contributed by atoms with Gasteiger partial charge in [-0.1, -0.05) is 16.9 Å². The van der Waals surface area contributed by atoms with E-state index in [4.69, 9.17) is 4.84 Å². The average molecular weight is 360 g/mol. The normalized spacial score (nSPS) is 16.2. The van der Waals surface area contributed by atoms with E-state index in [0.29, 0.717) is 25.7 Å². The first kappa shape index (κ1) is 17.9. The Labute approximate surface area is 139 Å². The van der Waals surface area contributed by atoms with Crippen molar-refractivity contribution in [1.29, 1.82) is 0 Å². The first-order valence-electron chi connectivity index (χ1n) is 7.41. The molecule has 0 N–H and O–H groups in total. The molecule has 1 aliphatic heterocycles. The van der Waals surface area contributed by atoms with E-state index in [9.17, 15) is 9.36 Å². The van der Waals surface area contributed by atoms with Crippen molar-refractivity contribution in [3.63, 3.8) is 0 Å². The Morgan fingerprint density at radius 1 is 1.36 bits per heavy atom. The third kappa shape index (κ3) is 6.73. The van der Waals surface area contributed by atoms with Crippen molar-refractivity contribution in [2.45, 2.75) is 24.3 Å². The summed E-state index contributed by atoms with van der Waals surface area (Å²) in [5, 5.41) is 2.42. The second kappa shape index (κ2) is 10.3. The molecule has 122 valence electrons. The number of carbonyl (C=O) groups excluding carboxylic acids is 1. The second-order valence-corrected chi connectivity index (χ2v) is 9.41. The Hall–Kier alpha value is -0.490. The van der Waals surface area contributed by atoms with Gasteiger partial charge in [-0.25, -0.2) is 10.0 Å². The lowest BCUT2D eigenvalue weighted by atomic mass is 10.4. The van der Waals surface area contributed by atoms with E-state index in [1.807, 2.05) is 18.2 Å². The van der Waals surface area contributed by atoms with Gasteiger partial charge in [0.2, 0.25) is 5.91 Å². The predicted molar refractivity (Wildman–Crippen MR) is 92.8 cm³/mol. The zero-order valence-electron chi connectivity index (χ0n) is 12.4. The van der Waals surface area contributed by atoms with E-state index in [0.717, 1.165) is 29.8 Å².